The van der Waals surface area contributed by atoms with Crippen molar-refractivity contribution < 1.29 is 38.4 Å². The molecule has 4 aromatic rings. The Morgan fingerprint density at radius 2 is 0.684 bits per heavy atom. The molecule has 0 spiro atoms. The van der Waals surface area contributed by atoms with Crippen LogP contribution in [0.5, 0.6) is 0 Å². The molecule has 11 aliphatic heterocycles. The number of hydrogen-bond acceptors (Lipinski definition) is 25. The molecule has 13 N–H and O–H groups in total. The molecule has 3 unspecified atom stereocenters. The second-order valence-electron chi connectivity index (χ2n) is 33.2. The van der Waals surface area contributed by atoms with Crippen molar-refractivity contribution in [1.29, 1.82) is 0 Å². The van der Waals surface area contributed by atoms with Crippen LogP contribution in [-0.2, 0) is 25.0 Å². The topological polar surface area (TPSA) is 244 Å². The van der Waals surface area contributed by atoms with Gasteiger partial charge in [0, 0.05) is 233 Å². The van der Waals surface area contributed by atoms with Crippen LogP contribution in [0.4, 0.5) is 0 Å². The predicted octanol–water partition coefficient (Wildman–Crippen LogP) is -2.71. The lowest BCUT2D eigenvalue weighted by atomic mass is 9.97. The molecule has 11 saturated heterocycles. The number of alkyl halides is 1. The first-order valence-electron chi connectivity index (χ1n) is 45.8. The number of nitrogens with zero attached hydrogens (tertiary/aromatic N) is 16. The van der Waals surface area contributed by atoms with Crippen molar-refractivity contribution in [3.63, 3.8) is 0 Å². The number of halogens is 3. The molecule has 0 bridgehead atoms. The number of hydrogen-bond donors (Lipinski definition) is 11. The number of pyridine rings is 4. The van der Waals surface area contributed by atoms with Gasteiger partial charge in [0.05, 0.1) is 74.4 Å². The van der Waals surface area contributed by atoms with E-state index < -0.39 is 0 Å². The van der Waals surface area contributed by atoms with Gasteiger partial charge < -0.3 is 86.6 Å². The molecule has 27 nitrogen and oxygen atoms in total. The fourth-order valence-corrected chi connectivity index (χ4v) is 19.4. The maximum Gasteiger partial charge on any atom is 0.175 e. The van der Waals surface area contributed by atoms with E-state index in [0.29, 0.717) is 12.3 Å². The summed E-state index contributed by atoms with van der Waals surface area (Å²) in [5.74, 6) is 8.00. The molecule has 117 heavy (non-hydrogen) atoms. The summed E-state index contributed by atoms with van der Waals surface area (Å²) in [4.78, 5) is 44.7. The number of hydrazine groups is 1. The van der Waals surface area contributed by atoms with Gasteiger partial charge in [-0.1, -0.05) is 40.2 Å². The van der Waals surface area contributed by atoms with E-state index in [2.05, 4.69) is 202 Å². The molecule has 30 heteroatoms. The minimum atomic E-state index is 0. The molecule has 3 atom stereocenters. The first kappa shape index (κ1) is 101. The zero-order chi connectivity index (χ0) is 80.3. The van der Waals surface area contributed by atoms with Crippen molar-refractivity contribution in [3.05, 3.63) is 120 Å². The summed E-state index contributed by atoms with van der Waals surface area (Å²) >= 11 is 3.29. The number of piperazine rings is 4. The van der Waals surface area contributed by atoms with Gasteiger partial charge in [0.2, 0.25) is 0 Å². The van der Waals surface area contributed by atoms with Crippen molar-refractivity contribution in [2.75, 3.05) is 295 Å². The summed E-state index contributed by atoms with van der Waals surface area (Å²) in [6.07, 6.45) is 24.3. The van der Waals surface area contributed by atoms with E-state index in [9.17, 15) is 0 Å². The Hall–Kier alpha value is -3.07. The second-order valence-corrected chi connectivity index (χ2v) is 33.8. The van der Waals surface area contributed by atoms with Crippen LogP contribution in [0, 0.1) is 0 Å². The second kappa shape index (κ2) is 61.3. The first-order valence-corrected chi connectivity index (χ1v) is 46.9. The van der Waals surface area contributed by atoms with E-state index in [-0.39, 0.29) is 29.4 Å². The Bertz CT molecular complexity index is 2860. The van der Waals surface area contributed by atoms with Gasteiger partial charge in [-0.05, 0) is 206 Å². The predicted molar refractivity (Wildman–Crippen MR) is 478 cm³/mol. The summed E-state index contributed by atoms with van der Waals surface area (Å²) in [7, 11) is 0. The quantitative estimate of drug-likeness (QED) is 0.0266. The molecular weight excluding hydrogens is 1620 g/mol. The Kier molecular flexibility index (Phi) is 52.9. The van der Waals surface area contributed by atoms with Crippen molar-refractivity contribution in [1.82, 2.24) is 117 Å². The maximum absolute atomic E-state index is 4.66. The number of rotatable bonds is 14. The summed E-state index contributed by atoms with van der Waals surface area (Å²) < 4.78 is 2.51. The molecule has 0 saturated carbocycles. The summed E-state index contributed by atoms with van der Waals surface area (Å²) in [6.45, 7) is 63.7. The maximum atomic E-state index is 4.66. The van der Waals surface area contributed by atoms with Gasteiger partial charge in [-0.15, -0.1) is 0 Å². The van der Waals surface area contributed by atoms with Crippen molar-refractivity contribution in [2.24, 2.45) is 11.7 Å². The van der Waals surface area contributed by atoms with Crippen molar-refractivity contribution >= 4 is 15.9 Å². The summed E-state index contributed by atoms with van der Waals surface area (Å²) in [5.41, 5.74) is 4.68. The number of aromatic nitrogens is 4. The van der Waals surface area contributed by atoms with Gasteiger partial charge in [0.15, 0.2) is 6.17 Å². The lowest BCUT2D eigenvalue weighted by molar-refractivity contribution is -0.989. The van der Waals surface area contributed by atoms with Gasteiger partial charge in [-0.3, -0.25) is 80.2 Å². The number of quaternary nitrogens is 2. The van der Waals surface area contributed by atoms with Crippen molar-refractivity contribution in [3.8, 4) is 0 Å². The van der Waals surface area contributed by atoms with Gasteiger partial charge >= 0.3 is 0 Å². The highest BCUT2D eigenvalue weighted by atomic mass is 79.9. The fourth-order valence-electron chi connectivity index (χ4n) is 19.1. The average molecular weight is 1780 g/mol. The molecule has 0 aliphatic carbocycles. The SMILES string of the molecule is BrCc1ccccn1.C1CN2CCN3CCCN4CCN(C1)C2C34.C1CNCCNCCCNCCNC1.CC[N+](CC)(CC)CCCN1CCCNCCN(Cc2ccccn2)CCCNCC1.NN.[Br-].[Cl-].c1ccc(CN2CCCNCCNCCCNCC2)nc1.c1ccc(C[N+]23CCCN4CCN5CCCN(CC2)C5C43)nc1. The average Bonchev–Trinajstić information content (AvgIpc) is 0.744. The van der Waals surface area contributed by atoms with Crippen LogP contribution in [0.25, 0.3) is 0 Å². The molecule has 11 fully saturated rings. The van der Waals surface area contributed by atoms with Crippen LogP contribution < -0.4 is 88.9 Å². The van der Waals surface area contributed by atoms with Crippen LogP contribution in [0.3, 0.4) is 0 Å². The molecule has 666 valence electrons. The molecule has 0 radical (unpaired) electrons. The van der Waals surface area contributed by atoms with E-state index in [4.69, 9.17) is 0 Å². The zero-order valence-corrected chi connectivity index (χ0v) is 76.8. The highest BCUT2D eigenvalue weighted by molar-refractivity contribution is 9.08. The zero-order valence-electron chi connectivity index (χ0n) is 72.9. The van der Waals surface area contributed by atoms with E-state index in [0.717, 1.165) is 193 Å². The summed E-state index contributed by atoms with van der Waals surface area (Å²) in [6, 6.07) is 24.6. The molecule has 15 heterocycles. The van der Waals surface area contributed by atoms with E-state index in [1.54, 1.807) is 6.20 Å². The van der Waals surface area contributed by atoms with Crippen LogP contribution in [0.2, 0.25) is 0 Å². The van der Waals surface area contributed by atoms with Crippen molar-refractivity contribution in [2.45, 2.75) is 141 Å². The van der Waals surface area contributed by atoms with Crippen LogP contribution in [-0.4, -0.2) is 397 Å². The lowest BCUT2D eigenvalue weighted by Gasteiger charge is -2.64. The van der Waals surface area contributed by atoms with Crippen LogP contribution in [0.15, 0.2) is 97.6 Å². The Labute approximate surface area is 734 Å². The fraction of sp³-hybridized carbons (Fsp3) is 0.770. The Morgan fingerprint density at radius 1 is 0.350 bits per heavy atom. The van der Waals surface area contributed by atoms with Gasteiger partial charge in [0.25, 0.3) is 0 Å². The van der Waals surface area contributed by atoms with Gasteiger partial charge in [-0.25, -0.2) is 0 Å². The van der Waals surface area contributed by atoms with E-state index >= 15 is 0 Å². The largest absolute Gasteiger partial charge is 1.00 e. The highest BCUT2D eigenvalue weighted by Gasteiger charge is 2.57. The third-order valence-corrected chi connectivity index (χ3v) is 26.1. The molecule has 0 aromatic carbocycles. The van der Waals surface area contributed by atoms with E-state index in [1.165, 1.54) is 242 Å². The minimum absolute atomic E-state index is 0. The summed E-state index contributed by atoms with van der Waals surface area (Å²) in [5, 5.41) is 32.4. The molecular formula is C87H162Br2ClN27. The normalized spacial score (nSPS) is 25.6. The smallest absolute Gasteiger partial charge is 0.175 e. The Balaban J connectivity index is 0.000000199. The first-order chi connectivity index (χ1) is 56.9. The molecule has 11 aliphatic rings. The standard InChI is InChI=1S/C25H49N6.C18H28N5.C16H29N5.C12H22N4.C10H24N4.C6H6BrN.BrH.ClH.H4N2/c1-4-31(5-2,6-3)23-11-20-29-18-9-13-27-17-22-30(19-10-14-26-16-21-29)24-25-12-7-8-15-28-25;1-2-6-19-16(5-1)15-23-13-4-9-22-11-10-20-7-3-8-21(12-14-23)17(20)18(22)23;1-2-9-20-16(5-1)15-21-13-4-8-18-11-10-17-6-3-7-19-12-14-21;1-3-13-7-9-15-5-2-6-16-10-8-14(4-1)11(13)12(15)16;1-3-11-7-9-13-5-2-6-14-10-8-12-4-1;7-5-6-3-1-2-4-8-6;;;1-2/h7-8,12,15,26-27H,4-6,9-11,13-14,16-24H2,1-3H3;1-2,5-6,17-18H,3-4,7-15H2;1-2,5,9,17-19H,3-4,6-8,10-15H2;11-12H,1-10H2;11-14H,1-10H2;1-4H,5H2;2*1H;1-2H2/q2*+1;;;;;;;/p-2. The number of nitrogens with one attached hydrogen (secondary N) is 9. The lowest BCUT2D eigenvalue weighted by Crippen LogP contribution is -3.00. The monoisotopic (exact) mass is 1780 g/mol. The molecule has 15 rings (SSSR count). The third kappa shape index (κ3) is 36.2. The Morgan fingerprint density at radius 3 is 1.06 bits per heavy atom. The highest BCUT2D eigenvalue weighted by Crippen LogP contribution is 2.39. The van der Waals surface area contributed by atoms with Gasteiger partial charge in [0.1, 0.15) is 12.7 Å². The third-order valence-electron chi connectivity index (χ3n) is 25.6. The van der Waals surface area contributed by atoms with E-state index in [1.807, 2.05) is 55.0 Å². The molecule has 4 aromatic heterocycles. The number of nitrogens with two attached hydrogens (primary N) is 2. The van der Waals surface area contributed by atoms with Crippen LogP contribution in [0.1, 0.15) is 114 Å². The van der Waals surface area contributed by atoms with Gasteiger partial charge in [-0.2, -0.15) is 0 Å². The molecule has 0 amide bonds. The van der Waals surface area contributed by atoms with Crippen LogP contribution >= 0.6 is 15.9 Å². The minimum Gasteiger partial charge on any atom is -1.00 e.